The van der Waals surface area contributed by atoms with Crippen LogP contribution in [0.1, 0.15) is 40.9 Å². The number of hydrogen-bond donors (Lipinski definition) is 1. The maximum atomic E-state index is 5.48. The van der Waals surface area contributed by atoms with Crippen LogP contribution < -0.4 is 4.74 Å². The fourth-order valence-corrected chi connectivity index (χ4v) is 4.82. The van der Waals surface area contributed by atoms with Crippen molar-refractivity contribution in [3.05, 3.63) is 46.5 Å². The molecule has 0 aliphatic carbocycles. The highest BCUT2D eigenvalue weighted by atomic mass is 16.5. The predicted octanol–water partition coefficient (Wildman–Crippen LogP) is 3.44. The Morgan fingerprint density at radius 3 is 2.67 bits per heavy atom. The number of piperidine rings is 1. The van der Waals surface area contributed by atoms with Crippen molar-refractivity contribution < 1.29 is 4.74 Å². The molecule has 2 bridgehead atoms. The maximum Gasteiger partial charge on any atom is 0.122 e. The lowest BCUT2D eigenvalue weighted by molar-refractivity contribution is 0.123. The molecule has 3 fully saturated rings. The van der Waals surface area contributed by atoms with E-state index in [0.717, 1.165) is 31.3 Å². The molecule has 3 aliphatic heterocycles. The van der Waals surface area contributed by atoms with Crippen molar-refractivity contribution >= 4 is 0 Å². The first-order chi connectivity index (χ1) is 13.0. The SMILES string of the molecule is COc1cc(C)c(CN2C[C@H]3CC[C@@H]2CN(Cc2nc[nH]c2C)C3)cc1C. The van der Waals surface area contributed by atoms with Gasteiger partial charge in [-0.3, -0.25) is 9.80 Å². The minimum Gasteiger partial charge on any atom is -0.496 e. The molecule has 4 heterocycles. The Labute approximate surface area is 162 Å². The minimum absolute atomic E-state index is 0.643. The zero-order chi connectivity index (χ0) is 19.0. The van der Waals surface area contributed by atoms with Crippen molar-refractivity contribution in [2.45, 2.75) is 52.7 Å². The van der Waals surface area contributed by atoms with Gasteiger partial charge in [0.25, 0.3) is 0 Å². The highest BCUT2D eigenvalue weighted by Gasteiger charge is 2.35. The fraction of sp³-hybridized carbons (Fsp3) is 0.591. The Hall–Kier alpha value is -1.85. The van der Waals surface area contributed by atoms with Gasteiger partial charge >= 0.3 is 0 Å². The average molecular weight is 369 g/mol. The van der Waals surface area contributed by atoms with Crippen LogP contribution in [-0.4, -0.2) is 52.6 Å². The highest BCUT2D eigenvalue weighted by Crippen LogP contribution is 2.31. The summed E-state index contributed by atoms with van der Waals surface area (Å²) >= 11 is 0. The summed E-state index contributed by atoms with van der Waals surface area (Å²) < 4.78 is 5.48. The lowest BCUT2D eigenvalue weighted by Crippen LogP contribution is -2.43. The fourth-order valence-electron chi connectivity index (χ4n) is 4.82. The monoisotopic (exact) mass is 368 g/mol. The van der Waals surface area contributed by atoms with E-state index in [1.165, 1.54) is 54.0 Å². The summed E-state index contributed by atoms with van der Waals surface area (Å²) in [5, 5.41) is 0. The van der Waals surface area contributed by atoms with Crippen LogP contribution in [0.2, 0.25) is 0 Å². The molecular weight excluding hydrogens is 336 g/mol. The van der Waals surface area contributed by atoms with E-state index in [2.05, 4.69) is 52.7 Å². The van der Waals surface area contributed by atoms with Crippen LogP contribution in [0.3, 0.4) is 0 Å². The third-order valence-electron chi connectivity index (χ3n) is 6.44. The first-order valence-corrected chi connectivity index (χ1v) is 10.1. The molecule has 27 heavy (non-hydrogen) atoms. The van der Waals surface area contributed by atoms with E-state index in [9.17, 15) is 0 Å². The number of methoxy groups -OCH3 is 1. The third kappa shape index (κ3) is 3.90. The summed E-state index contributed by atoms with van der Waals surface area (Å²) in [6.07, 6.45) is 4.49. The van der Waals surface area contributed by atoms with Gasteiger partial charge in [0.2, 0.25) is 0 Å². The van der Waals surface area contributed by atoms with Gasteiger partial charge in [-0.25, -0.2) is 4.98 Å². The number of hydrogen-bond acceptors (Lipinski definition) is 4. The lowest BCUT2D eigenvalue weighted by atomic mass is 9.94. The van der Waals surface area contributed by atoms with Crippen molar-refractivity contribution in [3.63, 3.8) is 0 Å². The van der Waals surface area contributed by atoms with Crippen LogP contribution >= 0.6 is 0 Å². The van der Waals surface area contributed by atoms with Gasteiger partial charge in [-0.1, -0.05) is 6.07 Å². The minimum atomic E-state index is 0.643. The van der Waals surface area contributed by atoms with E-state index in [-0.39, 0.29) is 0 Å². The third-order valence-corrected chi connectivity index (χ3v) is 6.44. The molecule has 146 valence electrons. The molecule has 0 saturated carbocycles. The standard InChI is InChI=1S/C22H32N4O/c1-15-8-22(27-4)16(2)7-19(15)11-26-10-18-5-6-20(26)12-25(9-18)13-21-17(3)23-14-24-21/h7-8,14,18,20H,5-6,9-13H2,1-4H3,(H,23,24)/t18-,20+/m0/s1. The van der Waals surface area contributed by atoms with Gasteiger partial charge in [0, 0.05) is 44.5 Å². The molecule has 0 spiro atoms. The molecule has 1 aromatic carbocycles. The smallest absolute Gasteiger partial charge is 0.122 e. The average Bonchev–Trinajstić information content (AvgIpc) is 2.86. The van der Waals surface area contributed by atoms with Gasteiger partial charge in [0.05, 0.1) is 19.1 Å². The molecule has 2 aromatic rings. The number of H-pyrrole nitrogens is 1. The largest absolute Gasteiger partial charge is 0.496 e. The number of aromatic nitrogens is 2. The van der Waals surface area contributed by atoms with E-state index >= 15 is 0 Å². The molecule has 1 N–H and O–H groups in total. The number of ether oxygens (including phenoxy) is 1. The highest BCUT2D eigenvalue weighted by molar-refractivity contribution is 5.41. The van der Waals surface area contributed by atoms with Crippen LogP contribution in [-0.2, 0) is 13.1 Å². The summed E-state index contributed by atoms with van der Waals surface area (Å²) in [6.45, 7) is 12.0. The van der Waals surface area contributed by atoms with Crippen LogP contribution in [0, 0.1) is 26.7 Å². The Kier molecular flexibility index (Phi) is 5.24. The Balaban J connectivity index is 1.48. The second-order valence-electron chi connectivity index (χ2n) is 8.44. The number of nitrogens with zero attached hydrogens (tertiary/aromatic N) is 3. The summed E-state index contributed by atoms with van der Waals surface area (Å²) in [5.74, 6) is 1.76. The van der Waals surface area contributed by atoms with Crippen LogP contribution in [0.5, 0.6) is 5.75 Å². The van der Waals surface area contributed by atoms with Crippen molar-refractivity contribution in [1.29, 1.82) is 0 Å². The van der Waals surface area contributed by atoms with Crippen molar-refractivity contribution in [1.82, 2.24) is 19.8 Å². The van der Waals surface area contributed by atoms with Crippen molar-refractivity contribution in [2.75, 3.05) is 26.7 Å². The van der Waals surface area contributed by atoms with Gasteiger partial charge in [-0.2, -0.15) is 0 Å². The van der Waals surface area contributed by atoms with E-state index < -0.39 is 0 Å². The lowest BCUT2D eigenvalue weighted by Gasteiger charge is -2.36. The number of rotatable bonds is 5. The molecule has 5 heteroatoms. The Morgan fingerprint density at radius 1 is 1.07 bits per heavy atom. The second kappa shape index (κ2) is 7.64. The first-order valence-electron chi connectivity index (χ1n) is 10.1. The number of fused-ring (bicyclic) bond motifs is 4. The number of aryl methyl sites for hydroxylation is 3. The molecule has 3 aliphatic rings. The molecule has 0 unspecified atom stereocenters. The molecule has 0 amide bonds. The first kappa shape index (κ1) is 18.5. The van der Waals surface area contributed by atoms with Gasteiger partial charge in [0.15, 0.2) is 0 Å². The molecule has 1 aromatic heterocycles. The summed E-state index contributed by atoms with van der Waals surface area (Å²) in [7, 11) is 1.75. The molecule has 3 saturated heterocycles. The number of nitrogens with one attached hydrogen (secondary N) is 1. The zero-order valence-corrected chi connectivity index (χ0v) is 17.1. The molecular formula is C22H32N4O. The van der Waals surface area contributed by atoms with Crippen molar-refractivity contribution in [2.24, 2.45) is 5.92 Å². The van der Waals surface area contributed by atoms with Crippen molar-refractivity contribution in [3.8, 4) is 5.75 Å². The normalized spacial score (nSPS) is 23.6. The molecule has 5 nitrogen and oxygen atoms in total. The second-order valence-corrected chi connectivity index (χ2v) is 8.44. The van der Waals surface area contributed by atoms with E-state index in [1.807, 2.05) is 6.33 Å². The van der Waals surface area contributed by atoms with E-state index in [4.69, 9.17) is 4.74 Å². The summed E-state index contributed by atoms with van der Waals surface area (Å²) in [4.78, 5) is 13.1. The quantitative estimate of drug-likeness (QED) is 0.878. The molecule has 2 atom stereocenters. The number of aromatic amines is 1. The summed E-state index contributed by atoms with van der Waals surface area (Å²) in [5.41, 5.74) is 6.41. The Morgan fingerprint density at radius 2 is 1.93 bits per heavy atom. The number of imidazole rings is 1. The van der Waals surface area contributed by atoms with Gasteiger partial charge in [-0.05, 0) is 62.3 Å². The van der Waals surface area contributed by atoms with Gasteiger partial charge in [-0.15, -0.1) is 0 Å². The number of benzene rings is 1. The van der Waals surface area contributed by atoms with Gasteiger partial charge in [0.1, 0.15) is 5.75 Å². The van der Waals surface area contributed by atoms with Crippen LogP contribution in [0.4, 0.5) is 0 Å². The topological polar surface area (TPSA) is 44.4 Å². The van der Waals surface area contributed by atoms with Gasteiger partial charge < -0.3 is 9.72 Å². The van der Waals surface area contributed by atoms with Crippen LogP contribution in [0.15, 0.2) is 18.5 Å². The zero-order valence-electron chi connectivity index (χ0n) is 17.1. The maximum absolute atomic E-state index is 5.48. The van der Waals surface area contributed by atoms with E-state index in [1.54, 1.807) is 7.11 Å². The van der Waals surface area contributed by atoms with E-state index in [0.29, 0.717) is 6.04 Å². The molecule has 5 rings (SSSR count). The Bertz CT molecular complexity index is 800. The predicted molar refractivity (Wildman–Crippen MR) is 108 cm³/mol. The summed E-state index contributed by atoms with van der Waals surface area (Å²) in [6, 6.07) is 5.15. The van der Waals surface area contributed by atoms with Crippen LogP contribution in [0.25, 0.3) is 0 Å². The molecule has 0 radical (unpaired) electrons.